The number of carboxylic acids is 1. The number of hydrogen-bond acceptors (Lipinski definition) is 5. The van der Waals surface area contributed by atoms with E-state index >= 15 is 0 Å². The molecule has 3 heterocycles. The molecular formula is C21H22BrClN2O6. The summed E-state index contributed by atoms with van der Waals surface area (Å²) in [5.74, 6) is -4.07. The number of likely N-dealkylation sites (tertiary alicyclic amines) is 1. The SMILES string of the molecule is C=CCN(C(=O)C1N(CCO)C(=O)[C@@H]2[C@@H](C(=O)O)[C@@H]3OC12CC3Br)c1ccc(Cl)cc1. The van der Waals surface area contributed by atoms with Gasteiger partial charge in [0, 0.05) is 28.6 Å². The van der Waals surface area contributed by atoms with Gasteiger partial charge >= 0.3 is 5.97 Å². The van der Waals surface area contributed by atoms with E-state index < -0.39 is 47.4 Å². The van der Waals surface area contributed by atoms with Gasteiger partial charge in [-0.1, -0.05) is 33.6 Å². The molecule has 0 radical (unpaired) electrons. The van der Waals surface area contributed by atoms with Crippen molar-refractivity contribution in [3.8, 4) is 0 Å². The van der Waals surface area contributed by atoms with Crippen molar-refractivity contribution in [3.63, 3.8) is 0 Å². The van der Waals surface area contributed by atoms with Gasteiger partial charge in [-0.25, -0.2) is 0 Å². The Balaban J connectivity index is 1.79. The Bertz CT molecular complexity index is 927. The van der Waals surface area contributed by atoms with Crippen LogP contribution in [0.5, 0.6) is 0 Å². The zero-order valence-electron chi connectivity index (χ0n) is 16.5. The molecule has 10 heteroatoms. The molecule has 3 unspecified atom stereocenters. The van der Waals surface area contributed by atoms with E-state index in [-0.39, 0.29) is 24.5 Å². The third-order valence-corrected chi connectivity index (χ3v) is 7.46. The first-order valence-electron chi connectivity index (χ1n) is 9.90. The predicted octanol–water partition coefficient (Wildman–Crippen LogP) is 1.68. The Morgan fingerprint density at radius 3 is 2.65 bits per heavy atom. The maximum absolute atomic E-state index is 13.9. The number of aliphatic hydroxyl groups excluding tert-OH is 1. The zero-order chi connectivity index (χ0) is 22.5. The van der Waals surface area contributed by atoms with Crippen molar-refractivity contribution in [2.24, 2.45) is 11.8 Å². The van der Waals surface area contributed by atoms with E-state index in [2.05, 4.69) is 22.5 Å². The summed E-state index contributed by atoms with van der Waals surface area (Å²) < 4.78 is 6.17. The van der Waals surface area contributed by atoms with Gasteiger partial charge < -0.3 is 24.7 Å². The molecule has 2 N–H and O–H groups in total. The summed E-state index contributed by atoms with van der Waals surface area (Å²) in [6.45, 7) is 3.44. The minimum atomic E-state index is -1.28. The van der Waals surface area contributed by atoms with Crippen molar-refractivity contribution in [1.29, 1.82) is 0 Å². The van der Waals surface area contributed by atoms with Crippen LogP contribution in [0.2, 0.25) is 5.02 Å². The normalized spacial score (nSPS) is 33.5. The third-order valence-electron chi connectivity index (χ3n) is 6.37. The maximum atomic E-state index is 13.9. The molecule has 4 rings (SSSR count). The lowest BCUT2D eigenvalue weighted by Gasteiger charge is -2.36. The molecule has 0 aromatic heterocycles. The van der Waals surface area contributed by atoms with Crippen LogP contribution in [-0.4, -0.2) is 75.2 Å². The van der Waals surface area contributed by atoms with E-state index in [0.29, 0.717) is 17.1 Å². The number of nitrogens with zero attached hydrogens (tertiary/aromatic N) is 2. The number of β-amino-alcohol motifs (C(OH)–C–C–N with tert-alkyl or cyclic N) is 1. The van der Waals surface area contributed by atoms with Crippen LogP contribution < -0.4 is 4.90 Å². The average Bonchev–Trinajstić information content (AvgIpc) is 3.31. The number of carbonyl (C=O) groups excluding carboxylic acids is 2. The number of anilines is 1. The van der Waals surface area contributed by atoms with Gasteiger partial charge in [-0.2, -0.15) is 0 Å². The highest BCUT2D eigenvalue weighted by Crippen LogP contribution is 2.60. The Morgan fingerprint density at radius 2 is 2.06 bits per heavy atom. The fraction of sp³-hybridized carbons (Fsp3) is 0.476. The maximum Gasteiger partial charge on any atom is 0.310 e. The number of carboxylic acid groups (broad SMARTS) is 1. The lowest BCUT2D eigenvalue weighted by Crippen LogP contribution is -2.57. The molecule has 31 heavy (non-hydrogen) atoms. The standard InChI is InChI=1S/C21H22BrClN2O6/c1-2-7-24(12-5-3-11(23)4-6-12)19(28)17-21-10-13(22)16(31-21)14(20(29)30)15(21)18(27)25(17)8-9-26/h2-6,13-17,26H,1,7-10H2,(H,29,30)/t13?,14-,15+,16-,17?,21?/m1/s1. The first-order chi connectivity index (χ1) is 14.8. The van der Waals surface area contributed by atoms with Gasteiger partial charge in [0.1, 0.15) is 11.6 Å². The molecule has 3 fully saturated rings. The highest BCUT2D eigenvalue weighted by atomic mass is 79.9. The van der Waals surface area contributed by atoms with Crippen LogP contribution in [0.15, 0.2) is 36.9 Å². The molecule has 3 aliphatic rings. The van der Waals surface area contributed by atoms with Crippen LogP contribution in [0.4, 0.5) is 5.69 Å². The minimum Gasteiger partial charge on any atom is -0.481 e. The third kappa shape index (κ3) is 3.29. The molecule has 2 bridgehead atoms. The van der Waals surface area contributed by atoms with E-state index in [1.807, 2.05) is 0 Å². The number of amides is 2. The number of ether oxygens (including phenoxy) is 1. The second-order valence-electron chi connectivity index (χ2n) is 7.97. The van der Waals surface area contributed by atoms with Crippen molar-refractivity contribution < 1.29 is 29.3 Å². The largest absolute Gasteiger partial charge is 0.481 e. The fourth-order valence-electron chi connectivity index (χ4n) is 5.26. The second-order valence-corrected chi connectivity index (χ2v) is 9.58. The summed E-state index contributed by atoms with van der Waals surface area (Å²) in [5.41, 5.74) is -0.722. The number of aliphatic carboxylic acids is 1. The lowest BCUT2D eigenvalue weighted by atomic mass is 9.70. The predicted molar refractivity (Wildman–Crippen MR) is 116 cm³/mol. The quantitative estimate of drug-likeness (QED) is 0.424. The molecule has 0 aliphatic carbocycles. The molecule has 2 amide bonds. The number of aliphatic hydroxyl groups is 1. The number of fused-ring (bicyclic) bond motifs is 1. The summed E-state index contributed by atoms with van der Waals surface area (Å²) >= 11 is 9.47. The summed E-state index contributed by atoms with van der Waals surface area (Å²) in [6.07, 6.45) is 1.18. The van der Waals surface area contributed by atoms with Gasteiger partial charge in [0.25, 0.3) is 5.91 Å². The number of carbonyl (C=O) groups is 3. The summed E-state index contributed by atoms with van der Waals surface area (Å²) in [5, 5.41) is 19.9. The average molecular weight is 514 g/mol. The number of benzene rings is 1. The Kier molecular flexibility index (Phi) is 5.89. The number of halogens is 2. The molecular weight excluding hydrogens is 492 g/mol. The summed E-state index contributed by atoms with van der Waals surface area (Å²) in [7, 11) is 0. The molecule has 6 atom stereocenters. The van der Waals surface area contributed by atoms with Gasteiger partial charge in [-0.05, 0) is 30.7 Å². The van der Waals surface area contributed by atoms with E-state index in [0.717, 1.165) is 0 Å². The molecule has 0 saturated carbocycles. The fourth-order valence-corrected chi connectivity index (χ4v) is 6.33. The second kappa shape index (κ2) is 8.20. The zero-order valence-corrected chi connectivity index (χ0v) is 18.8. The van der Waals surface area contributed by atoms with Crippen LogP contribution in [-0.2, 0) is 19.1 Å². The first kappa shape index (κ1) is 22.3. The van der Waals surface area contributed by atoms with E-state index in [1.54, 1.807) is 30.3 Å². The van der Waals surface area contributed by atoms with Crippen molar-refractivity contribution in [1.82, 2.24) is 4.90 Å². The van der Waals surface area contributed by atoms with E-state index in [9.17, 15) is 24.6 Å². The van der Waals surface area contributed by atoms with Crippen molar-refractivity contribution >= 4 is 51.0 Å². The molecule has 1 spiro atoms. The molecule has 8 nitrogen and oxygen atoms in total. The Hall–Kier alpha value is -1.94. The Morgan fingerprint density at radius 1 is 1.39 bits per heavy atom. The minimum absolute atomic E-state index is 0.0939. The summed E-state index contributed by atoms with van der Waals surface area (Å²) in [6, 6.07) is 5.61. The van der Waals surface area contributed by atoms with Gasteiger partial charge in [0.2, 0.25) is 5.91 Å². The molecule has 1 aromatic carbocycles. The summed E-state index contributed by atoms with van der Waals surface area (Å²) in [4.78, 5) is 41.6. The van der Waals surface area contributed by atoms with Crippen molar-refractivity contribution in [2.45, 2.75) is 29.0 Å². The Labute approximate surface area is 192 Å². The monoisotopic (exact) mass is 512 g/mol. The number of hydrogen-bond donors (Lipinski definition) is 2. The highest BCUT2D eigenvalue weighted by molar-refractivity contribution is 9.09. The van der Waals surface area contributed by atoms with Crippen LogP contribution in [0, 0.1) is 11.8 Å². The van der Waals surface area contributed by atoms with Crippen molar-refractivity contribution in [2.75, 3.05) is 24.6 Å². The van der Waals surface area contributed by atoms with Crippen LogP contribution >= 0.6 is 27.5 Å². The first-order valence-corrected chi connectivity index (χ1v) is 11.2. The van der Waals surface area contributed by atoms with E-state index in [1.165, 1.54) is 9.80 Å². The number of rotatable bonds is 7. The van der Waals surface area contributed by atoms with Gasteiger partial charge in [-0.15, -0.1) is 6.58 Å². The van der Waals surface area contributed by atoms with Gasteiger partial charge in [-0.3, -0.25) is 14.4 Å². The lowest BCUT2D eigenvalue weighted by molar-refractivity contribution is -0.149. The molecule has 3 saturated heterocycles. The van der Waals surface area contributed by atoms with Crippen LogP contribution in [0.3, 0.4) is 0 Å². The smallest absolute Gasteiger partial charge is 0.310 e. The van der Waals surface area contributed by atoms with Crippen LogP contribution in [0.1, 0.15) is 6.42 Å². The topological polar surface area (TPSA) is 107 Å². The van der Waals surface area contributed by atoms with Gasteiger partial charge in [0.15, 0.2) is 0 Å². The molecule has 3 aliphatic heterocycles. The van der Waals surface area contributed by atoms with Crippen molar-refractivity contribution in [3.05, 3.63) is 41.9 Å². The van der Waals surface area contributed by atoms with Gasteiger partial charge in [0.05, 0.1) is 24.5 Å². The van der Waals surface area contributed by atoms with Crippen LogP contribution in [0.25, 0.3) is 0 Å². The molecule has 1 aromatic rings. The molecule has 166 valence electrons. The number of alkyl halides is 1. The highest BCUT2D eigenvalue weighted by Gasteiger charge is 2.76. The van der Waals surface area contributed by atoms with E-state index in [4.69, 9.17) is 16.3 Å².